The second-order valence-electron chi connectivity index (χ2n) is 3.35. The van der Waals surface area contributed by atoms with Crippen molar-refractivity contribution < 1.29 is 22.3 Å². The number of phenolic OH excluding ortho intramolecular Hbond substituents is 1. The highest BCUT2D eigenvalue weighted by molar-refractivity contribution is 7.90. The van der Waals surface area contributed by atoms with Crippen LogP contribution in [0.5, 0.6) is 5.75 Å². The molecule has 4 nitrogen and oxygen atoms in total. The molecule has 0 saturated heterocycles. The van der Waals surface area contributed by atoms with Crippen molar-refractivity contribution in [3.05, 3.63) is 29.3 Å². The summed E-state index contributed by atoms with van der Waals surface area (Å²) in [6, 6.07) is 0.737. The fraction of sp³-hybridized carbons (Fsp3) is 0.200. The molecule has 3 N–H and O–H groups in total. The lowest BCUT2D eigenvalue weighted by Crippen LogP contribution is -2.05. The van der Waals surface area contributed by atoms with Crippen LogP contribution < -0.4 is 5.73 Å². The molecule has 7 heteroatoms. The van der Waals surface area contributed by atoms with Crippen molar-refractivity contribution in [1.82, 2.24) is 0 Å². The number of nitrogens with two attached hydrogens (primary N) is 1. The fourth-order valence-electron chi connectivity index (χ4n) is 1.27. The highest BCUT2D eigenvalue weighted by atomic mass is 32.2. The second-order valence-corrected chi connectivity index (χ2v) is 5.30. The number of sulfone groups is 1. The molecule has 94 valence electrons. The molecule has 17 heavy (non-hydrogen) atoms. The Hall–Kier alpha value is -1.47. The number of hydrogen-bond acceptors (Lipinski definition) is 4. The number of halogens is 2. The van der Waals surface area contributed by atoms with Gasteiger partial charge in [-0.15, -0.1) is 0 Å². The molecule has 0 aliphatic rings. The van der Waals surface area contributed by atoms with E-state index in [9.17, 15) is 22.3 Å². The van der Waals surface area contributed by atoms with E-state index in [0.29, 0.717) is 6.26 Å². The molecule has 0 aliphatic heterocycles. The zero-order valence-electron chi connectivity index (χ0n) is 8.94. The van der Waals surface area contributed by atoms with Crippen LogP contribution >= 0.6 is 0 Å². The van der Waals surface area contributed by atoms with E-state index in [4.69, 9.17) is 5.73 Å². The predicted octanol–water partition coefficient (Wildman–Crippen LogP) is 1.05. The van der Waals surface area contributed by atoms with Gasteiger partial charge in [-0.05, 0) is 6.07 Å². The van der Waals surface area contributed by atoms with Crippen LogP contribution in [0.25, 0.3) is 6.08 Å². The van der Waals surface area contributed by atoms with Gasteiger partial charge >= 0.3 is 0 Å². The topological polar surface area (TPSA) is 80.4 Å². The van der Waals surface area contributed by atoms with E-state index in [1.54, 1.807) is 0 Å². The first-order valence-electron chi connectivity index (χ1n) is 4.56. The lowest BCUT2D eigenvalue weighted by atomic mass is 10.1. The molecule has 0 saturated carbocycles. The van der Waals surface area contributed by atoms with Crippen molar-refractivity contribution >= 4 is 15.9 Å². The first-order valence-corrected chi connectivity index (χ1v) is 6.45. The highest BCUT2D eigenvalue weighted by Crippen LogP contribution is 2.30. The van der Waals surface area contributed by atoms with Gasteiger partial charge in [0.2, 0.25) is 0 Å². The maximum atomic E-state index is 13.5. The molecule has 0 radical (unpaired) electrons. The van der Waals surface area contributed by atoms with E-state index in [2.05, 4.69) is 0 Å². The lowest BCUT2D eigenvalue weighted by Gasteiger charge is -2.07. The summed E-state index contributed by atoms with van der Waals surface area (Å²) in [5.41, 5.74) is 4.98. The quantitative estimate of drug-likeness (QED) is 0.854. The summed E-state index contributed by atoms with van der Waals surface area (Å²) in [5, 5.41) is 9.39. The van der Waals surface area contributed by atoms with Gasteiger partial charge in [0.05, 0.1) is 0 Å². The predicted molar refractivity (Wildman–Crippen MR) is 59.2 cm³/mol. The number of aromatic hydroxyl groups is 1. The molecule has 1 rings (SSSR count). The van der Waals surface area contributed by atoms with E-state index in [1.807, 2.05) is 0 Å². The van der Waals surface area contributed by atoms with Crippen LogP contribution in [0.3, 0.4) is 0 Å². The maximum absolute atomic E-state index is 13.5. The summed E-state index contributed by atoms with van der Waals surface area (Å²) in [6.45, 7) is 0.122. The number of phenols is 1. The van der Waals surface area contributed by atoms with Gasteiger partial charge in [0.1, 0.15) is 10.7 Å². The van der Waals surface area contributed by atoms with E-state index < -0.39 is 32.1 Å². The summed E-state index contributed by atoms with van der Waals surface area (Å²) in [4.78, 5) is -1.14. The number of hydrogen-bond donors (Lipinski definition) is 2. The minimum atomic E-state index is -4.08. The SMILES string of the molecule is CS(=O)(=O)c1c(F)cc(/C=C/CN)c(O)c1F. The number of benzene rings is 1. The largest absolute Gasteiger partial charge is 0.504 e. The fourth-order valence-corrected chi connectivity index (χ4v) is 2.11. The van der Waals surface area contributed by atoms with E-state index in [1.165, 1.54) is 12.2 Å². The second kappa shape index (κ2) is 4.80. The third-order valence-corrected chi connectivity index (χ3v) is 3.10. The Kier molecular flexibility index (Phi) is 3.84. The molecule has 0 heterocycles. The standard InChI is InChI=1S/C10H11F2NO3S/c1-17(15,16)10-7(11)5-6(3-2-4-13)9(14)8(10)12/h2-3,5,14H,4,13H2,1H3/b3-2+. The summed E-state index contributed by atoms with van der Waals surface area (Å²) < 4.78 is 49.2. The summed E-state index contributed by atoms with van der Waals surface area (Å²) in [6.07, 6.45) is 3.23. The average Bonchev–Trinajstić information content (AvgIpc) is 2.19. The number of rotatable bonds is 3. The van der Waals surface area contributed by atoms with Gasteiger partial charge in [0.15, 0.2) is 21.4 Å². The lowest BCUT2D eigenvalue weighted by molar-refractivity contribution is 0.411. The van der Waals surface area contributed by atoms with Crippen LogP contribution in [0.4, 0.5) is 8.78 Å². The van der Waals surface area contributed by atoms with E-state index in [-0.39, 0.29) is 12.1 Å². The Labute approximate surface area is 97.3 Å². The Bertz CT molecular complexity index is 567. The van der Waals surface area contributed by atoms with Crippen molar-refractivity contribution in [3.8, 4) is 5.75 Å². The minimum Gasteiger partial charge on any atom is -0.504 e. The van der Waals surface area contributed by atoms with Gasteiger partial charge in [0, 0.05) is 18.4 Å². The average molecular weight is 263 g/mol. The molecule has 1 aromatic rings. The smallest absolute Gasteiger partial charge is 0.187 e. The molecule has 0 aromatic heterocycles. The van der Waals surface area contributed by atoms with E-state index in [0.717, 1.165) is 6.07 Å². The van der Waals surface area contributed by atoms with Crippen LogP contribution in [-0.2, 0) is 9.84 Å². The van der Waals surface area contributed by atoms with Gasteiger partial charge in [-0.25, -0.2) is 17.2 Å². The van der Waals surface area contributed by atoms with Crippen molar-refractivity contribution in [3.63, 3.8) is 0 Å². The summed E-state index contributed by atoms with van der Waals surface area (Å²) in [5.74, 6) is -3.67. The molecule has 1 aromatic carbocycles. The van der Waals surface area contributed by atoms with Gasteiger partial charge < -0.3 is 10.8 Å². The summed E-state index contributed by atoms with van der Waals surface area (Å²) in [7, 11) is -4.08. The van der Waals surface area contributed by atoms with Gasteiger partial charge in [0.25, 0.3) is 0 Å². The van der Waals surface area contributed by atoms with Crippen molar-refractivity contribution in [1.29, 1.82) is 0 Å². The van der Waals surface area contributed by atoms with Crippen LogP contribution in [0, 0.1) is 11.6 Å². The Morgan fingerprint density at radius 3 is 2.53 bits per heavy atom. The maximum Gasteiger partial charge on any atom is 0.187 e. The molecule has 0 amide bonds. The zero-order valence-corrected chi connectivity index (χ0v) is 9.76. The summed E-state index contributed by atoms with van der Waals surface area (Å²) >= 11 is 0. The van der Waals surface area contributed by atoms with Crippen LogP contribution in [0.1, 0.15) is 5.56 Å². The third kappa shape index (κ3) is 2.80. The Morgan fingerprint density at radius 2 is 2.06 bits per heavy atom. The highest BCUT2D eigenvalue weighted by Gasteiger charge is 2.24. The molecule has 0 fully saturated rings. The molecule has 0 aliphatic carbocycles. The third-order valence-electron chi connectivity index (χ3n) is 1.98. The van der Waals surface area contributed by atoms with Crippen molar-refractivity contribution in [2.75, 3.05) is 12.8 Å². The molecular formula is C10H11F2NO3S. The molecule has 0 unspecified atom stereocenters. The molecule has 0 spiro atoms. The monoisotopic (exact) mass is 263 g/mol. The van der Waals surface area contributed by atoms with E-state index >= 15 is 0 Å². The molecule has 0 atom stereocenters. The Morgan fingerprint density at radius 1 is 1.47 bits per heavy atom. The zero-order chi connectivity index (χ0) is 13.2. The van der Waals surface area contributed by atoms with Crippen molar-refractivity contribution in [2.45, 2.75) is 4.90 Å². The minimum absolute atomic E-state index is 0.122. The van der Waals surface area contributed by atoms with Gasteiger partial charge in [-0.2, -0.15) is 0 Å². The first-order chi connectivity index (χ1) is 7.79. The first kappa shape index (κ1) is 13.6. The van der Waals surface area contributed by atoms with Crippen LogP contribution in [0.2, 0.25) is 0 Å². The van der Waals surface area contributed by atoms with Gasteiger partial charge in [-0.1, -0.05) is 12.2 Å². The van der Waals surface area contributed by atoms with Crippen molar-refractivity contribution in [2.24, 2.45) is 5.73 Å². The normalized spacial score (nSPS) is 12.2. The molecule has 0 bridgehead atoms. The molecular weight excluding hydrogens is 252 g/mol. The van der Waals surface area contributed by atoms with Crippen LogP contribution in [0.15, 0.2) is 17.0 Å². The van der Waals surface area contributed by atoms with Crippen LogP contribution in [-0.4, -0.2) is 26.3 Å². The van der Waals surface area contributed by atoms with Gasteiger partial charge in [-0.3, -0.25) is 0 Å². The Balaban J connectivity index is 3.53.